The van der Waals surface area contributed by atoms with E-state index in [4.69, 9.17) is 0 Å². The fourth-order valence-electron chi connectivity index (χ4n) is 3.16. The minimum absolute atomic E-state index is 0.0469. The number of hydrazine groups is 1. The summed E-state index contributed by atoms with van der Waals surface area (Å²) in [5.74, 6) is -0.309. The minimum Gasteiger partial charge on any atom is -0.374 e. The third kappa shape index (κ3) is 6.52. The Balaban J connectivity index is 1.76. The summed E-state index contributed by atoms with van der Waals surface area (Å²) in [5.41, 5.74) is -0.399. The summed E-state index contributed by atoms with van der Waals surface area (Å²) in [4.78, 5) is 3.79. The van der Waals surface area contributed by atoms with Crippen LogP contribution in [0.1, 0.15) is 36.8 Å². The van der Waals surface area contributed by atoms with Crippen LogP contribution in [0.3, 0.4) is 0 Å². The number of nitrogens with zero attached hydrogens (tertiary/aromatic N) is 4. The summed E-state index contributed by atoms with van der Waals surface area (Å²) in [6, 6.07) is 1.17. The Morgan fingerprint density at radius 2 is 1.52 bits per heavy atom. The maximum atomic E-state index is 13.0. The molecule has 1 aliphatic rings. The molecule has 1 aromatic heterocycles. The highest BCUT2D eigenvalue weighted by Crippen LogP contribution is 2.38. The molecule has 170 valence electrons. The smallest absolute Gasteiger partial charge is 0.374 e. The Kier molecular flexibility index (Phi) is 7.02. The van der Waals surface area contributed by atoms with Gasteiger partial charge in [-0.3, -0.25) is 0 Å². The van der Waals surface area contributed by atoms with E-state index in [1.807, 2.05) is 5.01 Å². The molecule has 0 saturated carbocycles. The molecule has 31 heavy (non-hydrogen) atoms. The number of aliphatic hydroxyl groups is 1. The number of rotatable bonds is 5. The monoisotopic (exact) mass is 449 g/mol. The van der Waals surface area contributed by atoms with E-state index in [2.05, 4.69) is 15.5 Å². The Labute approximate surface area is 174 Å². The van der Waals surface area contributed by atoms with Crippen LogP contribution < -0.4 is 5.43 Å². The SMILES string of the molecule is OC(C=Cn1cnc(-c2cc(C(F)(F)F)cc(C(F)(F)F)c2)n1)NN1CCCCCC1. The number of benzene rings is 1. The van der Waals surface area contributed by atoms with Gasteiger partial charge in [0.15, 0.2) is 5.82 Å². The molecule has 3 rings (SSSR count). The fraction of sp³-hybridized carbons (Fsp3) is 0.474. The van der Waals surface area contributed by atoms with Crippen molar-refractivity contribution in [2.45, 2.75) is 44.3 Å². The molecule has 6 nitrogen and oxygen atoms in total. The van der Waals surface area contributed by atoms with Gasteiger partial charge in [-0.15, -0.1) is 5.10 Å². The molecule has 0 spiro atoms. The van der Waals surface area contributed by atoms with Gasteiger partial charge >= 0.3 is 12.4 Å². The molecule has 12 heteroatoms. The van der Waals surface area contributed by atoms with Crippen molar-refractivity contribution in [3.63, 3.8) is 0 Å². The predicted octanol–water partition coefficient (Wildman–Crippen LogP) is 4.15. The first kappa shape index (κ1) is 23.2. The molecule has 1 atom stereocenters. The standard InChI is InChI=1S/C19H21F6N5O/c20-18(21,22)14-9-13(10-15(11-14)19(23,24)25)17-26-12-30(28-17)8-5-16(31)27-29-6-3-1-2-4-7-29/h5,8-12,16,27,31H,1-4,6-7H2. The van der Waals surface area contributed by atoms with Crippen molar-refractivity contribution in [3.8, 4) is 11.4 Å². The summed E-state index contributed by atoms with van der Waals surface area (Å²) < 4.78 is 79.2. The molecule has 0 amide bonds. The van der Waals surface area contributed by atoms with Crippen LogP contribution in [0.15, 0.2) is 30.6 Å². The molecular formula is C19H21F6N5O. The molecule has 1 saturated heterocycles. The van der Waals surface area contributed by atoms with E-state index in [-0.39, 0.29) is 11.9 Å². The molecule has 2 aromatic rings. The van der Waals surface area contributed by atoms with Crippen molar-refractivity contribution in [1.29, 1.82) is 0 Å². The summed E-state index contributed by atoms with van der Waals surface area (Å²) in [6.45, 7) is 1.57. The lowest BCUT2D eigenvalue weighted by molar-refractivity contribution is -0.143. The molecule has 0 bridgehead atoms. The summed E-state index contributed by atoms with van der Waals surface area (Å²) in [6.07, 6.45) is -2.92. The average Bonchev–Trinajstić information content (AvgIpc) is 3.02. The van der Waals surface area contributed by atoms with Gasteiger partial charge in [-0.2, -0.15) is 26.3 Å². The topological polar surface area (TPSA) is 66.2 Å². The van der Waals surface area contributed by atoms with Gasteiger partial charge in [0.05, 0.1) is 11.1 Å². The van der Waals surface area contributed by atoms with Crippen LogP contribution in [-0.2, 0) is 12.4 Å². The molecule has 2 heterocycles. The lowest BCUT2D eigenvalue weighted by Crippen LogP contribution is -2.44. The Hall–Kier alpha value is -2.44. The van der Waals surface area contributed by atoms with Gasteiger partial charge in [-0.25, -0.2) is 20.1 Å². The lowest BCUT2D eigenvalue weighted by atomic mass is 10.0. The zero-order valence-electron chi connectivity index (χ0n) is 16.3. The van der Waals surface area contributed by atoms with Crippen LogP contribution >= 0.6 is 0 Å². The number of alkyl halides is 6. The summed E-state index contributed by atoms with van der Waals surface area (Å²) in [7, 11) is 0. The quantitative estimate of drug-likeness (QED) is 0.530. The van der Waals surface area contributed by atoms with Crippen molar-refractivity contribution in [1.82, 2.24) is 25.2 Å². The van der Waals surface area contributed by atoms with E-state index in [9.17, 15) is 31.4 Å². The summed E-state index contributed by atoms with van der Waals surface area (Å²) >= 11 is 0. The number of nitrogens with one attached hydrogen (secondary N) is 1. The maximum Gasteiger partial charge on any atom is 0.416 e. The van der Waals surface area contributed by atoms with Crippen LogP contribution in [0.25, 0.3) is 17.6 Å². The van der Waals surface area contributed by atoms with Crippen molar-refractivity contribution in [2.24, 2.45) is 0 Å². The van der Waals surface area contributed by atoms with Crippen molar-refractivity contribution >= 4 is 6.20 Å². The third-order valence-electron chi connectivity index (χ3n) is 4.70. The zero-order valence-corrected chi connectivity index (χ0v) is 16.3. The number of hydrogen-bond acceptors (Lipinski definition) is 5. The van der Waals surface area contributed by atoms with Crippen LogP contribution in [0.4, 0.5) is 26.3 Å². The van der Waals surface area contributed by atoms with E-state index in [0.29, 0.717) is 12.1 Å². The van der Waals surface area contributed by atoms with E-state index in [1.165, 1.54) is 12.3 Å². The average molecular weight is 449 g/mol. The van der Waals surface area contributed by atoms with Crippen LogP contribution in [0.2, 0.25) is 0 Å². The van der Waals surface area contributed by atoms with Crippen LogP contribution in [0.5, 0.6) is 0 Å². The largest absolute Gasteiger partial charge is 0.416 e. The van der Waals surface area contributed by atoms with Crippen molar-refractivity contribution in [3.05, 3.63) is 41.7 Å². The number of aliphatic hydroxyl groups excluding tert-OH is 1. The second-order valence-corrected chi connectivity index (χ2v) is 7.16. The second-order valence-electron chi connectivity index (χ2n) is 7.16. The normalized spacial score (nSPS) is 17.8. The van der Waals surface area contributed by atoms with E-state index in [0.717, 1.165) is 49.8 Å². The second kappa shape index (κ2) is 9.37. The molecule has 1 aromatic carbocycles. The fourth-order valence-corrected chi connectivity index (χ4v) is 3.16. The molecule has 1 aliphatic heterocycles. The molecule has 0 radical (unpaired) electrons. The molecule has 1 unspecified atom stereocenters. The molecule has 0 aliphatic carbocycles. The Bertz CT molecular complexity index is 868. The Morgan fingerprint density at radius 1 is 0.935 bits per heavy atom. The first-order valence-electron chi connectivity index (χ1n) is 9.61. The Morgan fingerprint density at radius 3 is 2.06 bits per heavy atom. The predicted molar refractivity (Wildman–Crippen MR) is 100.0 cm³/mol. The van der Waals surface area contributed by atoms with Crippen molar-refractivity contribution in [2.75, 3.05) is 13.1 Å². The zero-order chi connectivity index (χ0) is 22.6. The van der Waals surface area contributed by atoms with Gasteiger partial charge < -0.3 is 5.11 Å². The highest BCUT2D eigenvalue weighted by molar-refractivity contribution is 5.58. The van der Waals surface area contributed by atoms with Crippen LogP contribution in [0, 0.1) is 0 Å². The number of aromatic nitrogens is 3. The van der Waals surface area contributed by atoms with Gasteiger partial charge in [0.1, 0.15) is 12.6 Å². The summed E-state index contributed by atoms with van der Waals surface area (Å²) in [5, 5.41) is 15.9. The maximum absolute atomic E-state index is 13.0. The van der Waals surface area contributed by atoms with Gasteiger partial charge in [-0.05, 0) is 37.1 Å². The number of hydrogen-bond donors (Lipinski definition) is 2. The molecule has 2 N–H and O–H groups in total. The van der Waals surface area contributed by atoms with Gasteiger partial charge in [0, 0.05) is 24.9 Å². The first-order valence-corrected chi connectivity index (χ1v) is 9.61. The van der Waals surface area contributed by atoms with Gasteiger partial charge in [-0.1, -0.05) is 12.8 Å². The molecule has 1 fully saturated rings. The highest BCUT2D eigenvalue weighted by Gasteiger charge is 2.37. The minimum atomic E-state index is -4.96. The highest BCUT2D eigenvalue weighted by atomic mass is 19.4. The van der Waals surface area contributed by atoms with E-state index >= 15 is 0 Å². The third-order valence-corrected chi connectivity index (χ3v) is 4.70. The van der Waals surface area contributed by atoms with Gasteiger partial charge in [0.25, 0.3) is 0 Å². The van der Waals surface area contributed by atoms with Gasteiger partial charge in [0.2, 0.25) is 0 Å². The lowest BCUT2D eigenvalue weighted by Gasteiger charge is -2.23. The van der Waals surface area contributed by atoms with E-state index < -0.39 is 35.3 Å². The van der Waals surface area contributed by atoms with Crippen molar-refractivity contribution < 1.29 is 31.4 Å². The van der Waals surface area contributed by atoms with E-state index in [1.54, 1.807) is 0 Å². The van der Waals surface area contributed by atoms with Crippen LogP contribution in [-0.4, -0.2) is 44.2 Å². The molecular weight excluding hydrogens is 428 g/mol. The first-order chi connectivity index (χ1) is 14.5. The number of halogens is 6.